The van der Waals surface area contributed by atoms with E-state index in [1.165, 1.54) is 11.3 Å². The van der Waals surface area contributed by atoms with Crippen molar-refractivity contribution in [3.05, 3.63) is 16.6 Å². The first kappa shape index (κ1) is 12.6. The highest BCUT2D eigenvalue weighted by molar-refractivity contribution is 9.09. The lowest BCUT2D eigenvalue weighted by Gasteiger charge is -2.07. The maximum Gasteiger partial charge on any atom is 0.270 e. The van der Waals surface area contributed by atoms with Crippen LogP contribution in [0.15, 0.2) is 10.9 Å². The molecule has 0 saturated carbocycles. The zero-order chi connectivity index (χ0) is 11.1. The lowest BCUT2D eigenvalue weighted by molar-refractivity contribution is 0.0948. The Morgan fingerprint density at radius 1 is 1.73 bits per heavy atom. The van der Waals surface area contributed by atoms with Gasteiger partial charge in [-0.1, -0.05) is 22.9 Å². The first-order valence-electron chi connectivity index (χ1n) is 4.96. The van der Waals surface area contributed by atoms with Crippen molar-refractivity contribution < 1.29 is 4.79 Å². The SMILES string of the molecule is CC(CBr)CCCNC(=O)c1cscn1. The van der Waals surface area contributed by atoms with Gasteiger partial charge in [0.05, 0.1) is 5.51 Å². The van der Waals surface area contributed by atoms with Crippen molar-refractivity contribution in [1.82, 2.24) is 10.3 Å². The third kappa shape index (κ3) is 4.75. The molecule has 0 aliphatic heterocycles. The van der Waals surface area contributed by atoms with Crippen LogP contribution in [-0.2, 0) is 0 Å². The van der Waals surface area contributed by atoms with Crippen LogP contribution in [0.1, 0.15) is 30.3 Å². The monoisotopic (exact) mass is 290 g/mol. The van der Waals surface area contributed by atoms with Gasteiger partial charge in [0.2, 0.25) is 0 Å². The Hall–Kier alpha value is -0.420. The Balaban J connectivity index is 2.13. The molecule has 0 fully saturated rings. The smallest absolute Gasteiger partial charge is 0.270 e. The molecule has 0 bridgehead atoms. The number of amides is 1. The zero-order valence-electron chi connectivity index (χ0n) is 8.70. The maximum absolute atomic E-state index is 11.4. The minimum Gasteiger partial charge on any atom is -0.351 e. The second-order valence-corrected chi connectivity index (χ2v) is 4.90. The van der Waals surface area contributed by atoms with Crippen LogP contribution in [0, 0.1) is 5.92 Å². The predicted octanol–water partition coefficient (Wildman–Crippen LogP) is 2.68. The highest BCUT2D eigenvalue weighted by atomic mass is 79.9. The second kappa shape index (κ2) is 6.95. The van der Waals surface area contributed by atoms with E-state index in [9.17, 15) is 4.79 Å². The van der Waals surface area contributed by atoms with Gasteiger partial charge in [0.25, 0.3) is 5.91 Å². The fraction of sp³-hybridized carbons (Fsp3) is 0.600. The summed E-state index contributed by atoms with van der Waals surface area (Å²) in [6.07, 6.45) is 2.14. The average molecular weight is 291 g/mol. The Morgan fingerprint density at radius 2 is 2.53 bits per heavy atom. The van der Waals surface area contributed by atoms with Crippen molar-refractivity contribution in [3.8, 4) is 0 Å². The molecule has 0 aromatic carbocycles. The number of rotatable bonds is 6. The molecule has 1 aromatic rings. The normalized spacial score (nSPS) is 12.4. The molecule has 1 atom stereocenters. The molecule has 0 saturated heterocycles. The summed E-state index contributed by atoms with van der Waals surface area (Å²) in [5.41, 5.74) is 2.19. The molecule has 15 heavy (non-hydrogen) atoms. The number of carbonyl (C=O) groups excluding carboxylic acids is 1. The first-order valence-corrected chi connectivity index (χ1v) is 7.02. The number of carbonyl (C=O) groups is 1. The lowest BCUT2D eigenvalue weighted by Crippen LogP contribution is -2.25. The third-order valence-corrected chi connectivity index (χ3v) is 3.78. The Bertz CT molecular complexity index is 290. The number of thiazole rings is 1. The Kier molecular flexibility index (Phi) is 5.86. The molecule has 5 heteroatoms. The van der Waals surface area contributed by atoms with Crippen molar-refractivity contribution in [2.45, 2.75) is 19.8 Å². The van der Waals surface area contributed by atoms with E-state index in [0.29, 0.717) is 11.6 Å². The molecule has 0 spiro atoms. The van der Waals surface area contributed by atoms with Crippen molar-refractivity contribution in [1.29, 1.82) is 0 Å². The standard InChI is InChI=1S/C10H15BrN2OS/c1-8(5-11)3-2-4-12-10(14)9-6-15-7-13-9/h6-8H,2-5H2,1H3,(H,12,14). The van der Waals surface area contributed by atoms with E-state index >= 15 is 0 Å². The first-order chi connectivity index (χ1) is 7.24. The molecule has 84 valence electrons. The van der Waals surface area contributed by atoms with Gasteiger partial charge in [0, 0.05) is 17.3 Å². The van der Waals surface area contributed by atoms with E-state index in [2.05, 4.69) is 33.2 Å². The molecular formula is C10H15BrN2OS. The fourth-order valence-corrected chi connectivity index (χ4v) is 2.00. The third-order valence-electron chi connectivity index (χ3n) is 2.09. The van der Waals surface area contributed by atoms with Crippen LogP contribution in [0.5, 0.6) is 0 Å². The highest BCUT2D eigenvalue weighted by Gasteiger charge is 2.06. The van der Waals surface area contributed by atoms with E-state index in [4.69, 9.17) is 0 Å². The van der Waals surface area contributed by atoms with Gasteiger partial charge in [0.1, 0.15) is 5.69 Å². The fourth-order valence-electron chi connectivity index (χ4n) is 1.14. The number of hydrogen-bond acceptors (Lipinski definition) is 3. The van der Waals surface area contributed by atoms with Crippen LogP contribution >= 0.6 is 27.3 Å². The maximum atomic E-state index is 11.4. The molecule has 3 nitrogen and oxygen atoms in total. The van der Waals surface area contributed by atoms with Gasteiger partial charge in [-0.15, -0.1) is 11.3 Å². The topological polar surface area (TPSA) is 42.0 Å². The summed E-state index contributed by atoms with van der Waals surface area (Å²) in [6.45, 7) is 2.92. The molecule has 1 heterocycles. The molecule has 0 aliphatic rings. The predicted molar refractivity (Wildman–Crippen MR) is 66.6 cm³/mol. The molecule has 1 N–H and O–H groups in total. The summed E-state index contributed by atoms with van der Waals surface area (Å²) in [7, 11) is 0. The molecular weight excluding hydrogens is 276 g/mol. The van der Waals surface area contributed by atoms with E-state index in [-0.39, 0.29) is 5.91 Å². The number of nitrogens with one attached hydrogen (secondary N) is 1. The zero-order valence-corrected chi connectivity index (χ0v) is 11.1. The summed E-state index contributed by atoms with van der Waals surface area (Å²) in [6, 6.07) is 0. The van der Waals surface area contributed by atoms with Crippen LogP contribution in [0.2, 0.25) is 0 Å². The second-order valence-electron chi connectivity index (χ2n) is 3.53. The van der Waals surface area contributed by atoms with Gasteiger partial charge >= 0.3 is 0 Å². The van der Waals surface area contributed by atoms with Crippen molar-refractivity contribution in [3.63, 3.8) is 0 Å². The van der Waals surface area contributed by atoms with Crippen molar-refractivity contribution >= 4 is 33.2 Å². The van der Waals surface area contributed by atoms with E-state index in [0.717, 1.165) is 24.7 Å². The van der Waals surface area contributed by atoms with Gasteiger partial charge in [0.15, 0.2) is 0 Å². The lowest BCUT2D eigenvalue weighted by atomic mass is 10.1. The molecule has 1 unspecified atom stereocenters. The summed E-state index contributed by atoms with van der Waals surface area (Å²) >= 11 is 4.87. The molecule has 1 aromatic heterocycles. The van der Waals surface area contributed by atoms with Gasteiger partial charge in [-0.2, -0.15) is 0 Å². The summed E-state index contributed by atoms with van der Waals surface area (Å²) in [4.78, 5) is 15.4. The van der Waals surface area contributed by atoms with Crippen LogP contribution in [0.25, 0.3) is 0 Å². The molecule has 0 radical (unpaired) electrons. The number of hydrogen-bond donors (Lipinski definition) is 1. The molecule has 1 rings (SSSR count). The largest absolute Gasteiger partial charge is 0.351 e. The van der Waals surface area contributed by atoms with Gasteiger partial charge in [-0.3, -0.25) is 4.79 Å². The van der Waals surface area contributed by atoms with Crippen molar-refractivity contribution in [2.24, 2.45) is 5.92 Å². The quantitative estimate of drug-likeness (QED) is 0.647. The minimum atomic E-state index is -0.0669. The average Bonchev–Trinajstić information content (AvgIpc) is 2.77. The minimum absolute atomic E-state index is 0.0669. The van der Waals surface area contributed by atoms with E-state index in [1.807, 2.05) is 0 Å². The van der Waals surface area contributed by atoms with E-state index in [1.54, 1.807) is 10.9 Å². The van der Waals surface area contributed by atoms with E-state index < -0.39 is 0 Å². The van der Waals surface area contributed by atoms with Crippen molar-refractivity contribution in [2.75, 3.05) is 11.9 Å². The summed E-state index contributed by atoms with van der Waals surface area (Å²) < 4.78 is 0. The summed E-state index contributed by atoms with van der Waals surface area (Å²) in [5, 5.41) is 5.64. The Morgan fingerprint density at radius 3 is 3.13 bits per heavy atom. The van der Waals surface area contributed by atoms with Crippen LogP contribution in [-0.4, -0.2) is 22.8 Å². The van der Waals surface area contributed by atoms with Gasteiger partial charge in [-0.05, 0) is 18.8 Å². The van der Waals surface area contributed by atoms with Crippen LogP contribution in [0.4, 0.5) is 0 Å². The number of aromatic nitrogens is 1. The Labute approximate surface area is 102 Å². The molecule has 1 amide bonds. The highest BCUT2D eigenvalue weighted by Crippen LogP contribution is 2.07. The van der Waals surface area contributed by atoms with Gasteiger partial charge in [-0.25, -0.2) is 4.98 Å². The number of halogens is 1. The van der Waals surface area contributed by atoms with Gasteiger partial charge < -0.3 is 5.32 Å². The number of alkyl halides is 1. The number of nitrogens with zero attached hydrogens (tertiary/aromatic N) is 1. The molecule has 0 aliphatic carbocycles. The van der Waals surface area contributed by atoms with Crippen LogP contribution < -0.4 is 5.32 Å². The summed E-state index contributed by atoms with van der Waals surface area (Å²) in [5.74, 6) is 0.601. The van der Waals surface area contributed by atoms with Crippen LogP contribution in [0.3, 0.4) is 0 Å².